The molecule has 0 saturated heterocycles. The van der Waals surface area contributed by atoms with E-state index in [2.05, 4.69) is 5.16 Å². The fourth-order valence-corrected chi connectivity index (χ4v) is 1.61. The van der Waals surface area contributed by atoms with E-state index in [0.29, 0.717) is 16.8 Å². The zero-order valence-electron chi connectivity index (χ0n) is 10.7. The minimum atomic E-state index is -0.521. The molecular formula is C15H13NO3. The highest BCUT2D eigenvalue weighted by molar-refractivity contribution is 6.18. The molecule has 0 saturated carbocycles. The third-order valence-corrected chi connectivity index (χ3v) is 2.65. The van der Waals surface area contributed by atoms with E-state index < -0.39 is 5.97 Å². The molecule has 0 heterocycles. The minimum absolute atomic E-state index is 0.0658. The molecule has 4 nitrogen and oxygen atoms in total. The molecule has 2 rings (SSSR count). The molecule has 0 bridgehead atoms. The molecule has 0 atom stereocenters. The molecule has 0 amide bonds. The van der Waals surface area contributed by atoms with E-state index in [0.717, 1.165) is 5.56 Å². The van der Waals surface area contributed by atoms with E-state index >= 15 is 0 Å². The lowest BCUT2D eigenvalue weighted by atomic mass is 10.1. The highest BCUT2D eigenvalue weighted by Gasteiger charge is 2.10. The number of hydrogen-bond donors (Lipinski definition) is 0. The van der Waals surface area contributed by atoms with Crippen molar-refractivity contribution >= 4 is 17.5 Å². The maximum absolute atomic E-state index is 11.7. The largest absolute Gasteiger partial charge is 0.365 e. The van der Waals surface area contributed by atoms with E-state index in [4.69, 9.17) is 4.84 Å². The molecule has 96 valence electrons. The van der Waals surface area contributed by atoms with Crippen LogP contribution in [0, 0.1) is 6.92 Å². The number of benzene rings is 1. The molecule has 0 unspecified atom stereocenters. The van der Waals surface area contributed by atoms with Crippen LogP contribution >= 0.6 is 0 Å². The fourth-order valence-electron chi connectivity index (χ4n) is 1.61. The zero-order valence-corrected chi connectivity index (χ0v) is 10.7. The van der Waals surface area contributed by atoms with E-state index in [1.54, 1.807) is 31.2 Å². The van der Waals surface area contributed by atoms with Crippen molar-refractivity contribution in [2.45, 2.75) is 13.8 Å². The Morgan fingerprint density at radius 1 is 1.21 bits per heavy atom. The van der Waals surface area contributed by atoms with Crippen molar-refractivity contribution in [2.24, 2.45) is 5.16 Å². The first-order valence-corrected chi connectivity index (χ1v) is 5.83. The summed E-state index contributed by atoms with van der Waals surface area (Å²) >= 11 is 0. The molecule has 0 aromatic heterocycles. The molecule has 1 aromatic carbocycles. The van der Waals surface area contributed by atoms with Crippen molar-refractivity contribution in [1.29, 1.82) is 0 Å². The van der Waals surface area contributed by atoms with Gasteiger partial charge in [-0.05, 0) is 49.8 Å². The second kappa shape index (κ2) is 5.44. The summed E-state index contributed by atoms with van der Waals surface area (Å²) in [6.45, 7) is 3.58. The van der Waals surface area contributed by atoms with Crippen molar-refractivity contribution in [3.63, 3.8) is 0 Å². The van der Waals surface area contributed by atoms with Crippen LogP contribution in [0.15, 0.2) is 53.2 Å². The lowest BCUT2D eigenvalue weighted by Gasteiger charge is -2.03. The number of allylic oxidation sites excluding steroid dienone is 4. The summed E-state index contributed by atoms with van der Waals surface area (Å²) < 4.78 is 0. The predicted molar refractivity (Wildman–Crippen MR) is 71.9 cm³/mol. The molecule has 1 aliphatic carbocycles. The van der Waals surface area contributed by atoms with Gasteiger partial charge in [-0.25, -0.2) is 4.79 Å². The van der Waals surface area contributed by atoms with Gasteiger partial charge in [0, 0.05) is 0 Å². The van der Waals surface area contributed by atoms with Gasteiger partial charge in [0.1, 0.15) is 5.71 Å². The van der Waals surface area contributed by atoms with Crippen molar-refractivity contribution < 1.29 is 14.4 Å². The van der Waals surface area contributed by atoms with Gasteiger partial charge in [-0.2, -0.15) is 0 Å². The van der Waals surface area contributed by atoms with Gasteiger partial charge in [-0.3, -0.25) is 4.79 Å². The third kappa shape index (κ3) is 3.25. The molecule has 0 spiro atoms. The van der Waals surface area contributed by atoms with Crippen LogP contribution in [0.4, 0.5) is 0 Å². The topological polar surface area (TPSA) is 55.7 Å². The van der Waals surface area contributed by atoms with E-state index in [1.807, 2.05) is 13.0 Å². The molecule has 19 heavy (non-hydrogen) atoms. The first-order chi connectivity index (χ1) is 9.06. The second-order valence-electron chi connectivity index (χ2n) is 4.29. The van der Waals surface area contributed by atoms with Gasteiger partial charge < -0.3 is 4.84 Å². The van der Waals surface area contributed by atoms with Crippen LogP contribution in [-0.2, 0) is 9.63 Å². The molecule has 0 radical (unpaired) electrons. The van der Waals surface area contributed by atoms with Crippen LogP contribution in [0.3, 0.4) is 0 Å². The Morgan fingerprint density at radius 3 is 2.68 bits per heavy atom. The van der Waals surface area contributed by atoms with Crippen molar-refractivity contribution in [3.8, 4) is 0 Å². The van der Waals surface area contributed by atoms with Gasteiger partial charge in [0.05, 0.1) is 5.56 Å². The Hall–Kier alpha value is -2.49. The third-order valence-electron chi connectivity index (χ3n) is 2.65. The molecule has 0 aliphatic heterocycles. The first-order valence-electron chi connectivity index (χ1n) is 5.83. The standard InChI is InChI=1S/C15H13NO3/c1-10-4-3-5-12(8-10)15(18)19-16-13-6-7-14(17)11(2)9-13/h3-9H,1-2H3. The van der Waals surface area contributed by atoms with E-state index in [-0.39, 0.29) is 5.78 Å². The molecule has 1 aromatic rings. The van der Waals surface area contributed by atoms with Crippen LogP contribution in [-0.4, -0.2) is 17.5 Å². The highest BCUT2D eigenvalue weighted by atomic mass is 16.7. The number of hydrogen-bond acceptors (Lipinski definition) is 4. The normalized spacial score (nSPS) is 16.4. The SMILES string of the molecule is CC1=CC(=NOC(=O)c2cccc(C)c2)C=CC1=O. The Labute approximate surface area is 111 Å². The van der Waals surface area contributed by atoms with Gasteiger partial charge >= 0.3 is 5.97 Å². The van der Waals surface area contributed by atoms with Crippen LogP contribution in [0.2, 0.25) is 0 Å². The summed E-state index contributed by atoms with van der Waals surface area (Å²) in [5.41, 5.74) is 2.42. The predicted octanol–water partition coefficient (Wildman–Crippen LogP) is 2.59. The Bertz CT molecular complexity index is 624. The van der Waals surface area contributed by atoms with E-state index in [1.165, 1.54) is 12.2 Å². The van der Waals surface area contributed by atoms with Crippen LogP contribution in [0.5, 0.6) is 0 Å². The number of oxime groups is 1. The first kappa shape index (κ1) is 13.0. The van der Waals surface area contributed by atoms with Crippen molar-refractivity contribution in [2.75, 3.05) is 0 Å². The number of rotatable bonds is 2. The molecule has 1 aliphatic rings. The van der Waals surface area contributed by atoms with Gasteiger partial charge in [-0.1, -0.05) is 22.9 Å². The van der Waals surface area contributed by atoms with Gasteiger partial charge in [0.15, 0.2) is 5.78 Å². The summed E-state index contributed by atoms with van der Waals surface area (Å²) in [6, 6.07) is 7.06. The smallest absolute Gasteiger partial charge is 0.312 e. The lowest BCUT2D eigenvalue weighted by Crippen LogP contribution is -2.07. The summed E-state index contributed by atoms with van der Waals surface area (Å²) in [5, 5.41) is 3.73. The zero-order chi connectivity index (χ0) is 13.8. The maximum Gasteiger partial charge on any atom is 0.365 e. The Balaban J connectivity index is 2.09. The van der Waals surface area contributed by atoms with Gasteiger partial charge in [0.2, 0.25) is 0 Å². The summed E-state index contributed by atoms with van der Waals surface area (Å²) in [7, 11) is 0. The van der Waals surface area contributed by atoms with E-state index in [9.17, 15) is 9.59 Å². The highest BCUT2D eigenvalue weighted by Crippen LogP contribution is 2.08. The average Bonchev–Trinajstić information content (AvgIpc) is 2.40. The summed E-state index contributed by atoms with van der Waals surface area (Å²) in [5.74, 6) is -0.587. The van der Waals surface area contributed by atoms with Crippen LogP contribution in [0.1, 0.15) is 22.8 Å². The minimum Gasteiger partial charge on any atom is -0.312 e. The number of carbonyl (C=O) groups is 2. The monoisotopic (exact) mass is 255 g/mol. The Kier molecular flexibility index (Phi) is 3.71. The second-order valence-corrected chi connectivity index (χ2v) is 4.29. The number of ketones is 1. The fraction of sp³-hybridized carbons (Fsp3) is 0.133. The van der Waals surface area contributed by atoms with Crippen molar-refractivity contribution in [3.05, 3.63) is 59.2 Å². The maximum atomic E-state index is 11.7. The molecule has 0 fully saturated rings. The summed E-state index contributed by atoms with van der Waals surface area (Å²) in [6.07, 6.45) is 4.49. The molecule has 4 heteroatoms. The summed E-state index contributed by atoms with van der Waals surface area (Å²) in [4.78, 5) is 27.8. The Morgan fingerprint density at radius 2 is 2.00 bits per heavy atom. The van der Waals surface area contributed by atoms with Crippen LogP contribution in [0.25, 0.3) is 0 Å². The lowest BCUT2D eigenvalue weighted by molar-refractivity contribution is -0.111. The average molecular weight is 255 g/mol. The number of carbonyl (C=O) groups excluding carboxylic acids is 2. The number of nitrogens with zero attached hydrogens (tertiary/aromatic N) is 1. The molecular weight excluding hydrogens is 242 g/mol. The van der Waals surface area contributed by atoms with Gasteiger partial charge in [-0.15, -0.1) is 0 Å². The molecule has 0 N–H and O–H groups in total. The quantitative estimate of drug-likeness (QED) is 0.463. The van der Waals surface area contributed by atoms with Gasteiger partial charge in [0.25, 0.3) is 0 Å². The number of aryl methyl sites for hydroxylation is 1. The van der Waals surface area contributed by atoms with Crippen LogP contribution < -0.4 is 0 Å². The van der Waals surface area contributed by atoms with Crippen molar-refractivity contribution in [1.82, 2.24) is 0 Å².